The fourth-order valence-corrected chi connectivity index (χ4v) is 4.01. The van der Waals surface area contributed by atoms with Crippen molar-refractivity contribution in [1.29, 1.82) is 0 Å². The number of rotatable bonds is 7. The van der Waals surface area contributed by atoms with Crippen LogP contribution in [0.3, 0.4) is 0 Å². The molecule has 0 N–H and O–H groups in total. The number of esters is 1. The van der Waals surface area contributed by atoms with E-state index in [1.807, 2.05) is 24.3 Å². The average Bonchev–Trinajstić information content (AvgIpc) is 2.88. The standard InChI is InChI=1S/C32H31NO2/c1-6-35-32(34)25(5)26-10-12-27(13-11-26)28-14-19-30(20-15-28)33(29-16-7-22(2)8-17-29)31-18-9-23(3)24(4)21-31/h7-21H,5-6H2,1-4H3. The number of nitrogens with zero attached hydrogens (tertiary/aromatic N) is 1. The lowest BCUT2D eigenvalue weighted by Gasteiger charge is -2.26. The summed E-state index contributed by atoms with van der Waals surface area (Å²) in [5, 5.41) is 0. The van der Waals surface area contributed by atoms with Gasteiger partial charge in [-0.1, -0.05) is 66.7 Å². The second-order valence-corrected chi connectivity index (χ2v) is 8.76. The molecule has 4 aromatic carbocycles. The van der Waals surface area contributed by atoms with Crippen molar-refractivity contribution in [2.24, 2.45) is 0 Å². The summed E-state index contributed by atoms with van der Waals surface area (Å²) in [6.45, 7) is 12.4. The Balaban J connectivity index is 1.65. The van der Waals surface area contributed by atoms with E-state index in [9.17, 15) is 4.79 Å². The van der Waals surface area contributed by atoms with Crippen LogP contribution in [0.4, 0.5) is 17.1 Å². The first-order chi connectivity index (χ1) is 16.9. The third-order valence-electron chi connectivity index (χ3n) is 6.25. The predicted molar refractivity (Wildman–Crippen MR) is 146 cm³/mol. The van der Waals surface area contributed by atoms with Gasteiger partial charge in [-0.05, 0) is 91.9 Å². The van der Waals surface area contributed by atoms with Gasteiger partial charge in [-0.3, -0.25) is 0 Å². The lowest BCUT2D eigenvalue weighted by molar-refractivity contribution is -0.136. The van der Waals surface area contributed by atoms with Crippen molar-refractivity contribution in [3.05, 3.63) is 120 Å². The van der Waals surface area contributed by atoms with Gasteiger partial charge in [-0.25, -0.2) is 4.79 Å². The molecule has 0 aliphatic carbocycles. The summed E-state index contributed by atoms with van der Waals surface area (Å²) in [7, 11) is 0. The van der Waals surface area contributed by atoms with Crippen LogP contribution in [-0.2, 0) is 9.53 Å². The van der Waals surface area contributed by atoms with E-state index >= 15 is 0 Å². The zero-order valence-electron chi connectivity index (χ0n) is 20.8. The van der Waals surface area contributed by atoms with Crippen molar-refractivity contribution in [3.8, 4) is 11.1 Å². The molecular formula is C32H31NO2. The van der Waals surface area contributed by atoms with Crippen molar-refractivity contribution in [3.63, 3.8) is 0 Å². The van der Waals surface area contributed by atoms with Crippen molar-refractivity contribution in [1.82, 2.24) is 0 Å². The second kappa shape index (κ2) is 10.4. The van der Waals surface area contributed by atoms with Crippen LogP contribution in [-0.4, -0.2) is 12.6 Å². The van der Waals surface area contributed by atoms with Gasteiger partial charge in [0.15, 0.2) is 0 Å². The molecule has 0 saturated heterocycles. The maximum atomic E-state index is 12.0. The van der Waals surface area contributed by atoms with Crippen molar-refractivity contribution < 1.29 is 9.53 Å². The Morgan fingerprint density at radius 2 is 1.23 bits per heavy atom. The first-order valence-electron chi connectivity index (χ1n) is 11.9. The summed E-state index contributed by atoms with van der Waals surface area (Å²) in [5.41, 5.74) is 10.4. The lowest BCUT2D eigenvalue weighted by atomic mass is 10.0. The van der Waals surface area contributed by atoms with Crippen LogP contribution < -0.4 is 4.90 Å². The van der Waals surface area contributed by atoms with E-state index in [4.69, 9.17) is 4.74 Å². The number of aryl methyl sites for hydroxylation is 3. The summed E-state index contributed by atoms with van der Waals surface area (Å²) < 4.78 is 5.06. The number of carbonyl (C=O) groups is 1. The van der Waals surface area contributed by atoms with Crippen molar-refractivity contribution in [2.75, 3.05) is 11.5 Å². The molecule has 0 aliphatic heterocycles. The molecule has 0 aromatic heterocycles. The normalized spacial score (nSPS) is 10.6. The van der Waals surface area contributed by atoms with Crippen LogP contribution >= 0.6 is 0 Å². The van der Waals surface area contributed by atoms with E-state index < -0.39 is 0 Å². The second-order valence-electron chi connectivity index (χ2n) is 8.76. The summed E-state index contributed by atoms with van der Waals surface area (Å²) in [6.07, 6.45) is 0. The third kappa shape index (κ3) is 5.36. The van der Waals surface area contributed by atoms with E-state index in [0.717, 1.165) is 33.8 Å². The Kier molecular flexibility index (Phi) is 7.17. The van der Waals surface area contributed by atoms with E-state index in [1.165, 1.54) is 16.7 Å². The first-order valence-corrected chi connectivity index (χ1v) is 11.9. The molecule has 35 heavy (non-hydrogen) atoms. The van der Waals surface area contributed by atoms with E-state index in [2.05, 4.69) is 99.0 Å². The molecule has 176 valence electrons. The minimum Gasteiger partial charge on any atom is -0.462 e. The third-order valence-corrected chi connectivity index (χ3v) is 6.25. The van der Waals surface area contributed by atoms with Crippen LogP contribution in [0, 0.1) is 20.8 Å². The average molecular weight is 462 g/mol. The fraction of sp³-hybridized carbons (Fsp3) is 0.156. The fourth-order valence-electron chi connectivity index (χ4n) is 4.01. The number of benzene rings is 4. The quantitative estimate of drug-likeness (QED) is 0.205. The molecule has 0 heterocycles. The number of carbonyl (C=O) groups excluding carboxylic acids is 1. The molecule has 0 spiro atoms. The van der Waals surface area contributed by atoms with Gasteiger partial charge in [0.1, 0.15) is 0 Å². The van der Waals surface area contributed by atoms with Crippen molar-refractivity contribution in [2.45, 2.75) is 27.7 Å². The summed E-state index contributed by atoms with van der Waals surface area (Å²) in [5.74, 6) is -0.382. The van der Waals surface area contributed by atoms with E-state index in [-0.39, 0.29) is 5.97 Å². The van der Waals surface area contributed by atoms with Gasteiger partial charge in [-0.15, -0.1) is 0 Å². The van der Waals surface area contributed by atoms with Crippen LogP contribution in [0.2, 0.25) is 0 Å². The van der Waals surface area contributed by atoms with Crippen LogP contribution in [0.25, 0.3) is 16.7 Å². The Morgan fingerprint density at radius 3 is 1.77 bits per heavy atom. The van der Waals surface area contributed by atoms with Gasteiger partial charge in [-0.2, -0.15) is 0 Å². The molecule has 0 saturated carbocycles. The van der Waals surface area contributed by atoms with Gasteiger partial charge in [0, 0.05) is 17.1 Å². The summed E-state index contributed by atoms with van der Waals surface area (Å²) in [4.78, 5) is 14.2. The zero-order chi connectivity index (χ0) is 24.9. The number of anilines is 3. The van der Waals surface area contributed by atoms with Gasteiger partial charge < -0.3 is 9.64 Å². The first kappa shape index (κ1) is 24.0. The molecule has 0 bridgehead atoms. The Labute approximate surface area is 208 Å². The Morgan fingerprint density at radius 1 is 0.714 bits per heavy atom. The minimum absolute atomic E-state index is 0.337. The highest BCUT2D eigenvalue weighted by Crippen LogP contribution is 2.36. The number of ether oxygens (including phenoxy) is 1. The molecule has 3 nitrogen and oxygen atoms in total. The van der Waals surface area contributed by atoms with Crippen molar-refractivity contribution >= 4 is 28.6 Å². The van der Waals surface area contributed by atoms with Gasteiger partial charge >= 0.3 is 5.97 Å². The zero-order valence-corrected chi connectivity index (χ0v) is 20.8. The SMILES string of the molecule is C=C(C(=O)OCC)c1ccc(-c2ccc(N(c3ccc(C)cc3)c3ccc(C)c(C)c3)cc2)cc1. The molecule has 0 aliphatic rings. The summed E-state index contributed by atoms with van der Waals surface area (Å²) >= 11 is 0. The molecule has 4 aromatic rings. The highest BCUT2D eigenvalue weighted by atomic mass is 16.5. The Hall–Kier alpha value is -4.11. The number of hydrogen-bond donors (Lipinski definition) is 0. The molecule has 3 heteroatoms. The molecule has 0 amide bonds. The maximum Gasteiger partial charge on any atom is 0.338 e. The highest BCUT2D eigenvalue weighted by Gasteiger charge is 2.14. The molecular weight excluding hydrogens is 430 g/mol. The molecule has 4 rings (SSSR count). The number of hydrogen-bond acceptors (Lipinski definition) is 3. The lowest BCUT2D eigenvalue weighted by Crippen LogP contribution is -2.10. The van der Waals surface area contributed by atoms with Crippen LogP contribution in [0.15, 0.2) is 97.6 Å². The van der Waals surface area contributed by atoms with Gasteiger partial charge in [0.2, 0.25) is 0 Å². The minimum atomic E-state index is -0.382. The largest absolute Gasteiger partial charge is 0.462 e. The van der Waals surface area contributed by atoms with Crippen LogP contribution in [0.5, 0.6) is 0 Å². The highest BCUT2D eigenvalue weighted by molar-refractivity contribution is 6.15. The smallest absolute Gasteiger partial charge is 0.338 e. The molecule has 0 radical (unpaired) electrons. The van der Waals surface area contributed by atoms with E-state index in [1.54, 1.807) is 6.92 Å². The predicted octanol–water partition coefficient (Wildman–Crippen LogP) is 8.32. The van der Waals surface area contributed by atoms with Gasteiger partial charge in [0.05, 0.1) is 12.2 Å². The molecule has 0 atom stereocenters. The summed E-state index contributed by atoms with van der Waals surface area (Å²) in [6, 6.07) is 31.6. The van der Waals surface area contributed by atoms with Crippen LogP contribution in [0.1, 0.15) is 29.2 Å². The molecule has 0 fully saturated rings. The molecule has 0 unspecified atom stereocenters. The Bertz CT molecular complexity index is 1330. The van der Waals surface area contributed by atoms with E-state index in [0.29, 0.717) is 12.2 Å². The monoisotopic (exact) mass is 461 g/mol. The van der Waals surface area contributed by atoms with Gasteiger partial charge in [0.25, 0.3) is 0 Å². The topological polar surface area (TPSA) is 29.5 Å². The maximum absolute atomic E-state index is 12.0.